The molecule has 0 fully saturated rings. The van der Waals surface area contributed by atoms with Crippen molar-refractivity contribution in [3.63, 3.8) is 0 Å². The number of rotatable bonds is 4. The van der Waals surface area contributed by atoms with Crippen LogP contribution in [0.4, 0.5) is 11.4 Å². The summed E-state index contributed by atoms with van der Waals surface area (Å²) in [5.41, 5.74) is 7.43. The fourth-order valence-corrected chi connectivity index (χ4v) is 1.65. The summed E-state index contributed by atoms with van der Waals surface area (Å²) in [4.78, 5) is 16.0. The lowest BCUT2D eigenvalue weighted by Crippen LogP contribution is -2.15. The molecule has 0 aliphatic rings. The molecule has 0 bridgehead atoms. The minimum atomic E-state index is -0.151. The predicted octanol–water partition coefficient (Wildman–Crippen LogP) is 1.85. The first kappa shape index (κ1) is 12.9. The smallest absolute Gasteiger partial charge is 0.230 e. The highest BCUT2D eigenvalue weighted by Gasteiger charge is 2.08. The molecule has 2 rings (SSSR count). The molecular formula is C14H15N3O2. The monoisotopic (exact) mass is 257 g/mol. The number of amides is 1. The van der Waals surface area contributed by atoms with Gasteiger partial charge in [0.25, 0.3) is 0 Å². The third-order valence-electron chi connectivity index (χ3n) is 2.57. The molecule has 0 atom stereocenters. The summed E-state index contributed by atoms with van der Waals surface area (Å²) in [5.74, 6) is 0.475. The van der Waals surface area contributed by atoms with Gasteiger partial charge in [-0.3, -0.25) is 9.78 Å². The number of methoxy groups -OCH3 is 1. The molecular weight excluding hydrogens is 242 g/mol. The van der Waals surface area contributed by atoms with Gasteiger partial charge in [0, 0.05) is 5.69 Å². The lowest BCUT2D eigenvalue weighted by molar-refractivity contribution is -0.115. The van der Waals surface area contributed by atoms with E-state index in [0.29, 0.717) is 22.8 Å². The maximum atomic E-state index is 11.9. The van der Waals surface area contributed by atoms with E-state index < -0.39 is 0 Å². The summed E-state index contributed by atoms with van der Waals surface area (Å²) in [6, 6.07) is 10.7. The van der Waals surface area contributed by atoms with E-state index in [0.717, 1.165) is 0 Å². The molecule has 5 heteroatoms. The van der Waals surface area contributed by atoms with E-state index in [9.17, 15) is 4.79 Å². The van der Waals surface area contributed by atoms with Crippen LogP contribution < -0.4 is 15.8 Å². The molecule has 0 saturated carbocycles. The van der Waals surface area contributed by atoms with E-state index in [4.69, 9.17) is 10.5 Å². The Bertz CT molecular complexity index is 567. The van der Waals surface area contributed by atoms with E-state index >= 15 is 0 Å². The second kappa shape index (κ2) is 5.86. The Balaban J connectivity index is 2.03. The number of ether oxygens (including phenoxy) is 1. The largest absolute Gasteiger partial charge is 0.495 e. The van der Waals surface area contributed by atoms with E-state index in [1.54, 1.807) is 31.4 Å². The molecule has 0 saturated heterocycles. The van der Waals surface area contributed by atoms with Crippen LogP contribution >= 0.6 is 0 Å². The van der Waals surface area contributed by atoms with Crippen molar-refractivity contribution < 1.29 is 9.53 Å². The molecule has 0 radical (unpaired) electrons. The molecule has 5 nitrogen and oxygen atoms in total. The molecule has 98 valence electrons. The number of pyridine rings is 1. The average Bonchev–Trinajstić information content (AvgIpc) is 2.42. The van der Waals surface area contributed by atoms with E-state index in [-0.39, 0.29) is 12.3 Å². The van der Waals surface area contributed by atoms with Gasteiger partial charge in [0.1, 0.15) is 5.75 Å². The van der Waals surface area contributed by atoms with Gasteiger partial charge in [-0.15, -0.1) is 0 Å². The molecule has 1 aromatic carbocycles. The highest BCUT2D eigenvalue weighted by atomic mass is 16.5. The Labute approximate surface area is 111 Å². The molecule has 0 spiro atoms. The van der Waals surface area contributed by atoms with Gasteiger partial charge in [-0.1, -0.05) is 12.1 Å². The van der Waals surface area contributed by atoms with Crippen molar-refractivity contribution in [2.75, 3.05) is 18.2 Å². The molecule has 0 unspecified atom stereocenters. The van der Waals surface area contributed by atoms with Crippen molar-refractivity contribution in [1.29, 1.82) is 0 Å². The van der Waals surface area contributed by atoms with E-state index in [2.05, 4.69) is 10.3 Å². The third-order valence-corrected chi connectivity index (χ3v) is 2.57. The minimum absolute atomic E-state index is 0.151. The number of nitrogens with one attached hydrogen (secondary N) is 1. The predicted molar refractivity (Wildman–Crippen MR) is 74.0 cm³/mol. The van der Waals surface area contributed by atoms with Crippen LogP contribution in [-0.4, -0.2) is 18.0 Å². The standard InChI is InChI=1S/C14H15N3O2/c1-19-13-5-3-2-4-12(13)17-14(18)8-11-7-6-10(15)9-16-11/h2-7,9H,8,15H2,1H3,(H,17,18). The first-order chi connectivity index (χ1) is 9.19. The highest BCUT2D eigenvalue weighted by Crippen LogP contribution is 2.23. The van der Waals surface area contributed by atoms with Crippen LogP contribution in [0.5, 0.6) is 5.75 Å². The van der Waals surface area contributed by atoms with Crippen LogP contribution in [-0.2, 0) is 11.2 Å². The lowest BCUT2D eigenvalue weighted by Gasteiger charge is -2.09. The summed E-state index contributed by atoms with van der Waals surface area (Å²) in [6.07, 6.45) is 1.73. The van der Waals surface area contributed by atoms with Gasteiger partial charge in [0.15, 0.2) is 0 Å². The van der Waals surface area contributed by atoms with Gasteiger partial charge < -0.3 is 15.8 Å². The Morgan fingerprint density at radius 3 is 2.79 bits per heavy atom. The van der Waals surface area contributed by atoms with Crippen molar-refractivity contribution in [1.82, 2.24) is 4.98 Å². The SMILES string of the molecule is COc1ccccc1NC(=O)Cc1ccc(N)cn1. The number of benzene rings is 1. The normalized spacial score (nSPS) is 9.95. The van der Waals surface area contributed by atoms with Gasteiger partial charge >= 0.3 is 0 Å². The molecule has 1 amide bonds. The molecule has 0 aliphatic carbocycles. The van der Waals surface area contributed by atoms with Gasteiger partial charge in [-0.05, 0) is 24.3 Å². The lowest BCUT2D eigenvalue weighted by atomic mass is 10.2. The quantitative estimate of drug-likeness (QED) is 0.876. The number of aromatic nitrogens is 1. The fourth-order valence-electron chi connectivity index (χ4n) is 1.65. The molecule has 1 heterocycles. The maximum Gasteiger partial charge on any atom is 0.230 e. The number of anilines is 2. The molecule has 1 aromatic heterocycles. The Morgan fingerprint density at radius 2 is 2.11 bits per heavy atom. The number of nitrogens with zero attached hydrogens (tertiary/aromatic N) is 1. The second-order valence-electron chi connectivity index (χ2n) is 4.01. The highest BCUT2D eigenvalue weighted by molar-refractivity contribution is 5.93. The fraction of sp³-hybridized carbons (Fsp3) is 0.143. The summed E-state index contributed by atoms with van der Waals surface area (Å²) in [6.45, 7) is 0. The summed E-state index contributed by atoms with van der Waals surface area (Å²) in [7, 11) is 1.56. The number of hydrogen-bond acceptors (Lipinski definition) is 4. The third kappa shape index (κ3) is 3.45. The first-order valence-corrected chi connectivity index (χ1v) is 5.82. The van der Waals surface area contributed by atoms with E-state index in [1.165, 1.54) is 6.20 Å². The van der Waals surface area contributed by atoms with Crippen molar-refractivity contribution in [3.8, 4) is 5.75 Å². The molecule has 2 aromatic rings. The maximum absolute atomic E-state index is 11.9. The minimum Gasteiger partial charge on any atom is -0.495 e. The van der Waals surface area contributed by atoms with Gasteiger partial charge in [-0.2, -0.15) is 0 Å². The van der Waals surface area contributed by atoms with Crippen molar-refractivity contribution in [2.24, 2.45) is 0 Å². The van der Waals surface area contributed by atoms with Crippen LogP contribution in [0.25, 0.3) is 0 Å². The molecule has 0 aliphatic heterocycles. The van der Waals surface area contributed by atoms with E-state index in [1.807, 2.05) is 12.1 Å². The molecule has 19 heavy (non-hydrogen) atoms. The number of carbonyl (C=O) groups is 1. The summed E-state index contributed by atoms with van der Waals surface area (Å²) >= 11 is 0. The first-order valence-electron chi connectivity index (χ1n) is 5.82. The Kier molecular flexibility index (Phi) is 3.97. The van der Waals surface area contributed by atoms with Gasteiger partial charge in [0.05, 0.1) is 31.1 Å². The van der Waals surface area contributed by atoms with Crippen molar-refractivity contribution in [2.45, 2.75) is 6.42 Å². The van der Waals surface area contributed by atoms with Gasteiger partial charge in [0.2, 0.25) is 5.91 Å². The summed E-state index contributed by atoms with van der Waals surface area (Å²) in [5, 5.41) is 2.79. The zero-order chi connectivity index (χ0) is 13.7. The van der Waals surface area contributed by atoms with Crippen LogP contribution in [0, 0.1) is 0 Å². The number of hydrogen-bond donors (Lipinski definition) is 2. The number of nitrogens with two attached hydrogens (primary N) is 1. The molecule has 3 N–H and O–H groups in total. The average molecular weight is 257 g/mol. The Morgan fingerprint density at radius 1 is 1.32 bits per heavy atom. The summed E-state index contributed by atoms with van der Waals surface area (Å²) < 4.78 is 5.17. The second-order valence-corrected chi connectivity index (χ2v) is 4.01. The Hall–Kier alpha value is -2.56. The van der Waals surface area contributed by atoms with Crippen LogP contribution in [0.15, 0.2) is 42.6 Å². The zero-order valence-corrected chi connectivity index (χ0v) is 10.6. The topological polar surface area (TPSA) is 77.2 Å². The van der Waals surface area contributed by atoms with Crippen LogP contribution in [0.2, 0.25) is 0 Å². The number of para-hydroxylation sites is 2. The zero-order valence-electron chi connectivity index (χ0n) is 10.6. The number of nitrogen functional groups attached to an aromatic ring is 1. The van der Waals surface area contributed by atoms with Crippen molar-refractivity contribution in [3.05, 3.63) is 48.3 Å². The van der Waals surface area contributed by atoms with Crippen molar-refractivity contribution >= 4 is 17.3 Å². The van der Waals surface area contributed by atoms with Crippen LogP contribution in [0.3, 0.4) is 0 Å². The van der Waals surface area contributed by atoms with Crippen LogP contribution in [0.1, 0.15) is 5.69 Å². The van der Waals surface area contributed by atoms with Gasteiger partial charge in [-0.25, -0.2) is 0 Å². The number of carbonyl (C=O) groups excluding carboxylic acids is 1.